The minimum Gasteiger partial charge on any atom is -0.493 e. The van der Waals surface area contributed by atoms with Crippen LogP contribution >= 0.6 is 15.9 Å². The molecule has 0 aliphatic heterocycles. The number of aliphatic hydroxyl groups excluding tert-OH is 1. The Kier molecular flexibility index (Phi) is 4.90. The van der Waals surface area contributed by atoms with E-state index < -0.39 is 23.6 Å². The molecule has 0 aromatic heterocycles. The summed E-state index contributed by atoms with van der Waals surface area (Å²) in [6.45, 7) is 2.31. The highest BCUT2D eigenvalue weighted by atomic mass is 79.9. The van der Waals surface area contributed by atoms with E-state index in [0.29, 0.717) is 22.4 Å². The van der Waals surface area contributed by atoms with Crippen LogP contribution in [0.15, 0.2) is 34.8 Å². The molecular weight excluding hydrogens is 349 g/mol. The van der Waals surface area contributed by atoms with Gasteiger partial charge in [-0.1, -0.05) is 6.07 Å². The van der Waals surface area contributed by atoms with Crippen LogP contribution in [0.1, 0.15) is 24.2 Å². The minimum atomic E-state index is -1.56. The molecule has 112 valence electrons. The lowest BCUT2D eigenvalue weighted by molar-refractivity contribution is 0.218. The van der Waals surface area contributed by atoms with Crippen LogP contribution in [0.4, 0.5) is 13.2 Å². The number of halogens is 4. The van der Waals surface area contributed by atoms with Gasteiger partial charge < -0.3 is 9.84 Å². The molecule has 21 heavy (non-hydrogen) atoms. The molecule has 0 saturated carbocycles. The maximum atomic E-state index is 13.2. The van der Waals surface area contributed by atoms with Crippen molar-refractivity contribution in [3.05, 3.63) is 63.4 Å². The zero-order valence-corrected chi connectivity index (χ0v) is 12.6. The second kappa shape index (κ2) is 6.49. The van der Waals surface area contributed by atoms with Gasteiger partial charge in [-0.3, -0.25) is 0 Å². The van der Waals surface area contributed by atoms with Crippen LogP contribution in [0.3, 0.4) is 0 Å². The predicted molar refractivity (Wildman–Crippen MR) is 75.7 cm³/mol. The van der Waals surface area contributed by atoms with Crippen LogP contribution in [0.25, 0.3) is 0 Å². The summed E-state index contributed by atoms with van der Waals surface area (Å²) in [5.74, 6) is -3.65. The van der Waals surface area contributed by atoms with Gasteiger partial charge >= 0.3 is 0 Å². The Morgan fingerprint density at radius 2 is 1.71 bits per heavy atom. The third-order valence-corrected chi connectivity index (χ3v) is 3.51. The number of hydrogen-bond donors (Lipinski definition) is 1. The van der Waals surface area contributed by atoms with Gasteiger partial charge in [0.2, 0.25) is 0 Å². The number of aliphatic hydroxyl groups is 1. The van der Waals surface area contributed by atoms with E-state index in [9.17, 15) is 18.3 Å². The third kappa shape index (κ3) is 3.39. The van der Waals surface area contributed by atoms with Gasteiger partial charge in [-0.05, 0) is 58.2 Å². The van der Waals surface area contributed by atoms with Crippen LogP contribution in [-0.4, -0.2) is 11.7 Å². The van der Waals surface area contributed by atoms with E-state index >= 15 is 0 Å². The molecule has 2 aromatic rings. The minimum absolute atomic E-state index is 0.0672. The molecule has 0 radical (unpaired) electrons. The summed E-state index contributed by atoms with van der Waals surface area (Å²) < 4.78 is 45.3. The molecule has 0 bridgehead atoms. The Balaban J connectivity index is 2.36. The molecule has 1 atom stereocenters. The van der Waals surface area contributed by atoms with E-state index in [0.717, 1.165) is 12.1 Å². The molecule has 0 aliphatic rings. The molecule has 1 unspecified atom stereocenters. The summed E-state index contributed by atoms with van der Waals surface area (Å²) in [4.78, 5) is 0. The van der Waals surface area contributed by atoms with Gasteiger partial charge in [-0.15, -0.1) is 0 Å². The van der Waals surface area contributed by atoms with E-state index in [1.165, 1.54) is 0 Å². The normalized spacial score (nSPS) is 12.3. The summed E-state index contributed by atoms with van der Waals surface area (Å²) in [5, 5.41) is 10.2. The van der Waals surface area contributed by atoms with Crippen molar-refractivity contribution in [1.29, 1.82) is 0 Å². The summed E-state index contributed by atoms with van der Waals surface area (Å²) in [5.41, 5.74) is 0.332. The number of rotatable bonds is 4. The zero-order valence-electron chi connectivity index (χ0n) is 11.0. The van der Waals surface area contributed by atoms with Gasteiger partial charge in [-0.25, -0.2) is 13.2 Å². The SMILES string of the molecule is CCOc1ccc(C(O)c2cc(F)c(F)c(F)c2)cc1Br. The summed E-state index contributed by atoms with van der Waals surface area (Å²) in [7, 11) is 0. The van der Waals surface area contributed by atoms with E-state index in [4.69, 9.17) is 4.74 Å². The van der Waals surface area contributed by atoms with Crippen molar-refractivity contribution in [1.82, 2.24) is 0 Å². The van der Waals surface area contributed by atoms with Crippen LogP contribution in [0.5, 0.6) is 5.75 Å². The standard InChI is InChI=1S/C15H12BrF3O2/c1-2-21-13-4-3-8(5-10(13)16)15(20)9-6-11(17)14(19)12(18)7-9/h3-7,15,20H,2H2,1H3. The lowest BCUT2D eigenvalue weighted by Gasteiger charge is -2.14. The molecule has 0 aliphatic carbocycles. The van der Waals surface area contributed by atoms with Crippen LogP contribution < -0.4 is 4.74 Å². The average molecular weight is 361 g/mol. The van der Waals surface area contributed by atoms with Crippen molar-refractivity contribution in [3.63, 3.8) is 0 Å². The Hall–Kier alpha value is -1.53. The molecule has 0 fully saturated rings. The third-order valence-electron chi connectivity index (χ3n) is 2.89. The van der Waals surface area contributed by atoms with Crippen LogP contribution in [0.2, 0.25) is 0 Å². The molecule has 0 heterocycles. The van der Waals surface area contributed by atoms with Crippen molar-refractivity contribution in [3.8, 4) is 5.75 Å². The summed E-state index contributed by atoms with van der Waals surface area (Å²) >= 11 is 3.29. The number of benzene rings is 2. The molecule has 2 rings (SSSR count). The Morgan fingerprint density at radius 3 is 2.24 bits per heavy atom. The Morgan fingerprint density at radius 1 is 1.10 bits per heavy atom. The van der Waals surface area contributed by atoms with E-state index in [2.05, 4.69) is 15.9 Å². The van der Waals surface area contributed by atoms with E-state index in [1.54, 1.807) is 18.2 Å². The van der Waals surface area contributed by atoms with Gasteiger partial charge in [0, 0.05) is 0 Å². The molecule has 6 heteroatoms. The first-order chi connectivity index (χ1) is 9.93. The second-order valence-corrected chi connectivity index (χ2v) is 5.18. The van der Waals surface area contributed by atoms with Crippen molar-refractivity contribution >= 4 is 15.9 Å². The van der Waals surface area contributed by atoms with Gasteiger partial charge in [0.15, 0.2) is 17.5 Å². The van der Waals surface area contributed by atoms with E-state index in [-0.39, 0.29) is 5.56 Å². The number of ether oxygens (including phenoxy) is 1. The van der Waals surface area contributed by atoms with Crippen molar-refractivity contribution in [2.75, 3.05) is 6.61 Å². The van der Waals surface area contributed by atoms with Crippen molar-refractivity contribution in [2.24, 2.45) is 0 Å². The maximum absolute atomic E-state index is 13.2. The van der Waals surface area contributed by atoms with Gasteiger partial charge in [0.25, 0.3) is 0 Å². The average Bonchev–Trinajstić information content (AvgIpc) is 2.45. The lowest BCUT2D eigenvalue weighted by Crippen LogP contribution is -2.03. The molecule has 1 N–H and O–H groups in total. The molecule has 0 spiro atoms. The zero-order chi connectivity index (χ0) is 15.6. The second-order valence-electron chi connectivity index (χ2n) is 4.32. The summed E-state index contributed by atoms with van der Waals surface area (Å²) in [6.07, 6.45) is -1.28. The van der Waals surface area contributed by atoms with Crippen molar-refractivity contribution < 1.29 is 23.0 Å². The smallest absolute Gasteiger partial charge is 0.194 e. The van der Waals surface area contributed by atoms with Gasteiger partial charge in [-0.2, -0.15) is 0 Å². The van der Waals surface area contributed by atoms with Crippen LogP contribution in [0, 0.1) is 17.5 Å². The summed E-state index contributed by atoms with van der Waals surface area (Å²) in [6, 6.07) is 6.32. The van der Waals surface area contributed by atoms with E-state index in [1.807, 2.05) is 6.92 Å². The Labute approximate surface area is 128 Å². The molecule has 2 nitrogen and oxygen atoms in total. The van der Waals surface area contributed by atoms with Gasteiger partial charge in [0.05, 0.1) is 11.1 Å². The highest BCUT2D eigenvalue weighted by Crippen LogP contribution is 2.31. The molecule has 2 aromatic carbocycles. The van der Waals surface area contributed by atoms with Gasteiger partial charge in [0.1, 0.15) is 11.9 Å². The monoisotopic (exact) mass is 360 g/mol. The Bertz CT molecular complexity index is 638. The molecule has 0 saturated heterocycles. The van der Waals surface area contributed by atoms with Crippen molar-refractivity contribution in [2.45, 2.75) is 13.0 Å². The highest BCUT2D eigenvalue weighted by Gasteiger charge is 2.18. The predicted octanol–water partition coefficient (Wildman–Crippen LogP) is 4.35. The largest absolute Gasteiger partial charge is 0.493 e. The fraction of sp³-hybridized carbons (Fsp3) is 0.200. The molecular formula is C15H12BrF3O2. The first-order valence-corrected chi connectivity index (χ1v) is 6.98. The highest BCUT2D eigenvalue weighted by molar-refractivity contribution is 9.10. The topological polar surface area (TPSA) is 29.5 Å². The quantitative estimate of drug-likeness (QED) is 0.821. The maximum Gasteiger partial charge on any atom is 0.194 e. The van der Waals surface area contributed by atoms with Crippen LogP contribution in [-0.2, 0) is 0 Å². The first-order valence-electron chi connectivity index (χ1n) is 6.18. The number of hydrogen-bond acceptors (Lipinski definition) is 2. The first kappa shape index (κ1) is 15.9. The molecule has 0 amide bonds. The lowest BCUT2D eigenvalue weighted by atomic mass is 10.0. The fourth-order valence-corrected chi connectivity index (χ4v) is 2.40. The fourth-order valence-electron chi connectivity index (χ4n) is 1.89.